The van der Waals surface area contributed by atoms with Crippen LogP contribution in [-0.4, -0.2) is 66.8 Å². The van der Waals surface area contributed by atoms with Gasteiger partial charge in [-0.2, -0.15) is 0 Å². The van der Waals surface area contributed by atoms with Crippen LogP contribution < -0.4 is 5.73 Å². The van der Waals surface area contributed by atoms with Crippen LogP contribution in [-0.2, 0) is 14.3 Å². The normalized spacial score (nSPS) is 13.0. The molecule has 0 saturated heterocycles. The molecule has 1 heterocycles. The number of nitrogens with two attached hydrogens (primary N) is 1. The number of carbonyl (C=O) groups excluding carboxylic acids is 4. The molecule has 2 rings (SSSR count). The summed E-state index contributed by atoms with van der Waals surface area (Å²) in [5, 5.41) is 0. The van der Waals surface area contributed by atoms with Gasteiger partial charge in [0.15, 0.2) is 0 Å². The lowest BCUT2D eigenvalue weighted by Gasteiger charge is -2.14. The van der Waals surface area contributed by atoms with Gasteiger partial charge in [-0.25, -0.2) is 0 Å². The van der Waals surface area contributed by atoms with Gasteiger partial charge in [-0.15, -0.1) is 0 Å². The van der Waals surface area contributed by atoms with Gasteiger partial charge < -0.3 is 15.4 Å². The fourth-order valence-corrected chi connectivity index (χ4v) is 3.83. The number of rotatable bonds is 16. The van der Waals surface area contributed by atoms with Crippen molar-refractivity contribution in [2.45, 2.75) is 57.8 Å². The fraction of sp³-hybridized carbons (Fsp3) is 0.538. The molecule has 0 unspecified atom stereocenters. The molecule has 2 N–H and O–H groups in total. The number of hydrogen-bond acceptors (Lipinski definition) is 5. The number of primary amides is 1. The molecule has 0 fully saturated rings. The molecule has 8 nitrogen and oxygen atoms in total. The van der Waals surface area contributed by atoms with Gasteiger partial charge in [0.2, 0.25) is 0 Å². The minimum atomic E-state index is -0.908. The van der Waals surface area contributed by atoms with E-state index in [1.165, 1.54) is 16.2 Å². The molecule has 0 atom stereocenters. The molecule has 0 saturated carbocycles. The highest BCUT2D eigenvalue weighted by Crippen LogP contribution is 2.21. The molecule has 34 heavy (non-hydrogen) atoms. The maximum atomic E-state index is 12.3. The van der Waals surface area contributed by atoms with Crippen LogP contribution in [0.3, 0.4) is 0 Å². The summed E-state index contributed by atoms with van der Waals surface area (Å²) in [4.78, 5) is 49.3. The molecule has 0 aliphatic carbocycles. The van der Waals surface area contributed by atoms with Crippen molar-refractivity contribution < 1.29 is 23.9 Å². The van der Waals surface area contributed by atoms with Gasteiger partial charge >= 0.3 is 11.8 Å². The standard InChI is InChI=1S/C26H37N3O5/c1-28(26(33)23(27)30)17-13-9-7-5-3-2-4-6-8-10-14-19-34-20-18-29-24(31)21-15-11-12-16-22(21)25(29)32/h3,5,11-12,15-16H,2,4,6-10,13-14,17-20H2,1H3,(H2,27,30)/b5-3-. The molecule has 0 aromatic heterocycles. The Balaban J connectivity index is 1.38. The number of imide groups is 1. The summed E-state index contributed by atoms with van der Waals surface area (Å²) in [6.07, 6.45) is 13.8. The zero-order chi connectivity index (χ0) is 24.8. The average Bonchev–Trinajstić information content (AvgIpc) is 3.07. The van der Waals surface area contributed by atoms with Gasteiger partial charge in [0, 0.05) is 20.2 Å². The lowest BCUT2D eigenvalue weighted by atomic mass is 10.1. The van der Waals surface area contributed by atoms with E-state index in [1.54, 1.807) is 31.3 Å². The van der Waals surface area contributed by atoms with E-state index in [-0.39, 0.29) is 11.8 Å². The van der Waals surface area contributed by atoms with E-state index >= 15 is 0 Å². The third kappa shape index (κ3) is 8.74. The van der Waals surface area contributed by atoms with Crippen LogP contribution in [0.4, 0.5) is 0 Å². The second-order valence-electron chi connectivity index (χ2n) is 8.53. The smallest absolute Gasteiger partial charge is 0.311 e. The van der Waals surface area contributed by atoms with E-state index in [1.807, 2.05) is 0 Å². The summed E-state index contributed by atoms with van der Waals surface area (Å²) in [6, 6.07) is 6.91. The third-order valence-corrected chi connectivity index (χ3v) is 5.84. The quantitative estimate of drug-likeness (QED) is 0.172. The highest BCUT2D eigenvalue weighted by atomic mass is 16.5. The van der Waals surface area contributed by atoms with E-state index in [0.29, 0.717) is 37.4 Å². The number of fused-ring (bicyclic) bond motifs is 1. The Morgan fingerprint density at radius 3 is 2.06 bits per heavy atom. The highest BCUT2D eigenvalue weighted by molar-refractivity contribution is 6.34. The molecule has 1 aromatic rings. The molecule has 1 aromatic carbocycles. The van der Waals surface area contributed by atoms with Crippen molar-refractivity contribution in [1.29, 1.82) is 0 Å². The maximum absolute atomic E-state index is 12.3. The van der Waals surface area contributed by atoms with Gasteiger partial charge in [-0.05, 0) is 50.7 Å². The van der Waals surface area contributed by atoms with Crippen molar-refractivity contribution in [3.63, 3.8) is 0 Å². The van der Waals surface area contributed by atoms with Crippen LogP contribution in [0, 0.1) is 0 Å². The molecule has 1 aliphatic rings. The van der Waals surface area contributed by atoms with Crippen LogP contribution in [0.15, 0.2) is 36.4 Å². The minimum absolute atomic E-state index is 0.234. The summed E-state index contributed by atoms with van der Waals surface area (Å²) >= 11 is 0. The Kier molecular flexibility index (Phi) is 12.0. The first-order chi connectivity index (χ1) is 16.4. The van der Waals surface area contributed by atoms with Gasteiger partial charge in [0.05, 0.1) is 24.3 Å². The highest BCUT2D eigenvalue weighted by Gasteiger charge is 2.34. The average molecular weight is 472 g/mol. The number of unbranched alkanes of at least 4 members (excludes halogenated alkanes) is 7. The van der Waals surface area contributed by atoms with Crippen LogP contribution >= 0.6 is 0 Å². The Labute approximate surface area is 202 Å². The first-order valence-corrected chi connectivity index (χ1v) is 12.2. The number of likely N-dealkylation sites (N-methyl/N-ethyl adjacent to an activating group) is 1. The summed E-state index contributed by atoms with van der Waals surface area (Å²) in [7, 11) is 1.59. The molecule has 4 amide bonds. The Bertz CT molecular complexity index is 833. The number of benzene rings is 1. The van der Waals surface area contributed by atoms with Crippen molar-refractivity contribution in [1.82, 2.24) is 9.80 Å². The van der Waals surface area contributed by atoms with E-state index in [2.05, 4.69) is 12.2 Å². The minimum Gasteiger partial charge on any atom is -0.380 e. The van der Waals surface area contributed by atoms with Gasteiger partial charge in [-0.1, -0.05) is 43.5 Å². The number of hydrogen-bond donors (Lipinski definition) is 1. The zero-order valence-corrected chi connectivity index (χ0v) is 20.2. The van der Waals surface area contributed by atoms with Crippen LogP contribution in [0.1, 0.15) is 78.5 Å². The zero-order valence-electron chi connectivity index (χ0n) is 20.2. The molecule has 1 aliphatic heterocycles. The molecule has 186 valence electrons. The SMILES string of the molecule is CN(CCCC/C=C\CCCCCCCOCCN1C(=O)c2ccccc2C1=O)C(=O)C(N)=O. The first-order valence-electron chi connectivity index (χ1n) is 12.2. The second kappa shape index (κ2) is 15.0. The van der Waals surface area contributed by atoms with Crippen molar-refractivity contribution in [2.75, 3.05) is 33.4 Å². The van der Waals surface area contributed by atoms with Gasteiger partial charge in [0.25, 0.3) is 11.8 Å². The van der Waals surface area contributed by atoms with E-state index in [9.17, 15) is 19.2 Å². The molecule has 0 spiro atoms. The second-order valence-corrected chi connectivity index (χ2v) is 8.53. The Morgan fingerprint density at radius 1 is 0.882 bits per heavy atom. The molecular formula is C26H37N3O5. The summed E-state index contributed by atoms with van der Waals surface area (Å²) < 4.78 is 5.62. The largest absolute Gasteiger partial charge is 0.380 e. The predicted molar refractivity (Wildman–Crippen MR) is 130 cm³/mol. The van der Waals surface area contributed by atoms with Gasteiger partial charge in [0.1, 0.15) is 0 Å². The lowest BCUT2D eigenvalue weighted by molar-refractivity contribution is -0.143. The van der Waals surface area contributed by atoms with Crippen molar-refractivity contribution in [3.8, 4) is 0 Å². The maximum Gasteiger partial charge on any atom is 0.311 e. The number of ether oxygens (including phenoxy) is 1. The summed E-state index contributed by atoms with van der Waals surface area (Å²) in [5.41, 5.74) is 5.92. The number of amides is 4. The number of allylic oxidation sites excluding steroid dienone is 2. The number of nitrogens with zero attached hydrogens (tertiary/aromatic N) is 2. The van der Waals surface area contributed by atoms with Gasteiger partial charge in [-0.3, -0.25) is 24.1 Å². The first kappa shape index (κ1) is 27.2. The molecular weight excluding hydrogens is 434 g/mol. The fourth-order valence-electron chi connectivity index (χ4n) is 3.83. The van der Waals surface area contributed by atoms with Crippen molar-refractivity contribution >= 4 is 23.6 Å². The topological polar surface area (TPSA) is 110 Å². The third-order valence-electron chi connectivity index (χ3n) is 5.84. The van der Waals surface area contributed by atoms with Crippen LogP contribution in [0.2, 0.25) is 0 Å². The Morgan fingerprint density at radius 2 is 1.44 bits per heavy atom. The van der Waals surface area contributed by atoms with Crippen molar-refractivity contribution in [3.05, 3.63) is 47.5 Å². The lowest BCUT2D eigenvalue weighted by Crippen LogP contribution is -2.38. The molecule has 0 bridgehead atoms. The molecule has 0 radical (unpaired) electrons. The van der Waals surface area contributed by atoms with E-state index in [0.717, 1.165) is 51.4 Å². The monoisotopic (exact) mass is 471 g/mol. The van der Waals surface area contributed by atoms with Crippen LogP contribution in [0.5, 0.6) is 0 Å². The molecule has 8 heteroatoms. The van der Waals surface area contributed by atoms with Crippen molar-refractivity contribution in [2.24, 2.45) is 5.73 Å². The Hall–Kier alpha value is -3.00. The van der Waals surface area contributed by atoms with E-state index in [4.69, 9.17) is 10.5 Å². The summed E-state index contributed by atoms with van der Waals surface area (Å²) in [6.45, 7) is 1.85. The van der Waals surface area contributed by atoms with Crippen LogP contribution in [0.25, 0.3) is 0 Å². The number of carbonyl (C=O) groups is 4. The predicted octanol–water partition coefficient (Wildman–Crippen LogP) is 3.31. The summed E-state index contributed by atoms with van der Waals surface area (Å²) in [5.74, 6) is -2.01. The van der Waals surface area contributed by atoms with E-state index < -0.39 is 11.8 Å².